The van der Waals surface area contributed by atoms with Crippen LogP contribution in [0.2, 0.25) is 0 Å². The number of carbonyl (C=O) groups excluding carboxylic acids is 2. The number of nitrogens with one attached hydrogen (secondary N) is 1. The first kappa shape index (κ1) is 12.8. The third kappa shape index (κ3) is 3.67. The van der Waals surface area contributed by atoms with E-state index in [4.69, 9.17) is 5.11 Å². The zero-order valence-electron chi connectivity index (χ0n) is 9.27. The number of esters is 1. The number of hydrogen-bond donors (Lipinski definition) is 3. The molecule has 0 atom stereocenters. The standard InChI is InChI=1S/C11H13NO5/c1-17-10(15)4-5-12-11(16)7-2-3-8(13)9(14)6-7/h2-3,6,13-14H,4-5H2,1H3,(H,12,16). The van der Waals surface area contributed by atoms with Gasteiger partial charge in [0.05, 0.1) is 13.5 Å². The molecule has 0 bridgehead atoms. The van der Waals surface area contributed by atoms with Gasteiger partial charge in [-0.1, -0.05) is 0 Å². The van der Waals surface area contributed by atoms with Gasteiger partial charge in [0.15, 0.2) is 11.5 Å². The molecule has 6 heteroatoms. The van der Waals surface area contributed by atoms with Gasteiger partial charge in [-0.25, -0.2) is 0 Å². The van der Waals surface area contributed by atoms with Crippen LogP contribution < -0.4 is 5.32 Å². The summed E-state index contributed by atoms with van der Waals surface area (Å²) in [5.41, 5.74) is 0.199. The maximum Gasteiger partial charge on any atom is 0.307 e. The number of methoxy groups -OCH3 is 1. The fourth-order valence-electron chi connectivity index (χ4n) is 1.15. The van der Waals surface area contributed by atoms with Gasteiger partial charge in [-0.15, -0.1) is 0 Å². The second-order valence-corrected chi connectivity index (χ2v) is 3.29. The zero-order chi connectivity index (χ0) is 12.8. The summed E-state index contributed by atoms with van der Waals surface area (Å²) in [5.74, 6) is -1.52. The first-order chi connectivity index (χ1) is 8.04. The number of phenolic OH excluding ortho intramolecular Hbond substituents is 2. The first-order valence-corrected chi connectivity index (χ1v) is 4.91. The Labute approximate surface area is 97.8 Å². The predicted molar refractivity (Wildman–Crippen MR) is 58.7 cm³/mol. The lowest BCUT2D eigenvalue weighted by Crippen LogP contribution is -2.26. The molecule has 0 saturated carbocycles. The summed E-state index contributed by atoms with van der Waals surface area (Å²) in [4.78, 5) is 22.3. The van der Waals surface area contributed by atoms with Crippen molar-refractivity contribution in [1.29, 1.82) is 0 Å². The summed E-state index contributed by atoms with van der Waals surface area (Å²) >= 11 is 0. The molecule has 1 aromatic carbocycles. The van der Waals surface area contributed by atoms with Crippen LogP contribution in [0.5, 0.6) is 11.5 Å². The van der Waals surface area contributed by atoms with Gasteiger partial charge in [-0.2, -0.15) is 0 Å². The van der Waals surface area contributed by atoms with Crippen LogP contribution in [0.25, 0.3) is 0 Å². The van der Waals surface area contributed by atoms with E-state index in [0.29, 0.717) is 0 Å². The molecule has 0 aromatic heterocycles. The van der Waals surface area contributed by atoms with E-state index in [0.717, 1.165) is 6.07 Å². The molecular weight excluding hydrogens is 226 g/mol. The third-order valence-electron chi connectivity index (χ3n) is 2.08. The average molecular weight is 239 g/mol. The highest BCUT2D eigenvalue weighted by Gasteiger charge is 2.09. The van der Waals surface area contributed by atoms with Gasteiger partial charge in [0.25, 0.3) is 5.91 Å². The summed E-state index contributed by atoms with van der Waals surface area (Å²) in [6, 6.07) is 3.72. The highest BCUT2D eigenvalue weighted by Crippen LogP contribution is 2.24. The van der Waals surface area contributed by atoms with Crippen LogP contribution in [-0.2, 0) is 9.53 Å². The molecule has 0 aliphatic rings. The molecule has 0 spiro atoms. The van der Waals surface area contributed by atoms with E-state index in [1.807, 2.05) is 0 Å². The fourth-order valence-corrected chi connectivity index (χ4v) is 1.15. The quantitative estimate of drug-likeness (QED) is 0.521. The minimum Gasteiger partial charge on any atom is -0.504 e. The Balaban J connectivity index is 2.52. The zero-order valence-corrected chi connectivity index (χ0v) is 9.27. The Morgan fingerprint density at radius 2 is 2.00 bits per heavy atom. The minimum atomic E-state index is -0.441. The predicted octanol–water partition coefficient (Wildman–Crippen LogP) is 0.391. The largest absolute Gasteiger partial charge is 0.504 e. The van der Waals surface area contributed by atoms with E-state index >= 15 is 0 Å². The van der Waals surface area contributed by atoms with Crippen molar-refractivity contribution >= 4 is 11.9 Å². The van der Waals surface area contributed by atoms with Crippen LogP contribution in [0, 0.1) is 0 Å². The molecule has 0 saturated heterocycles. The lowest BCUT2D eigenvalue weighted by molar-refractivity contribution is -0.140. The van der Waals surface area contributed by atoms with Crippen LogP contribution in [-0.4, -0.2) is 35.7 Å². The van der Waals surface area contributed by atoms with Gasteiger partial charge in [-0.3, -0.25) is 9.59 Å². The van der Waals surface area contributed by atoms with Crippen molar-refractivity contribution in [3.63, 3.8) is 0 Å². The molecule has 1 rings (SSSR count). The van der Waals surface area contributed by atoms with E-state index in [1.165, 1.54) is 19.2 Å². The SMILES string of the molecule is COC(=O)CCNC(=O)c1ccc(O)c(O)c1. The monoisotopic (exact) mass is 239 g/mol. The van der Waals surface area contributed by atoms with Crippen molar-refractivity contribution in [1.82, 2.24) is 5.32 Å². The summed E-state index contributed by atoms with van der Waals surface area (Å²) < 4.78 is 4.41. The van der Waals surface area contributed by atoms with E-state index in [2.05, 4.69) is 10.1 Å². The Morgan fingerprint density at radius 1 is 1.29 bits per heavy atom. The Kier molecular flexibility index (Phi) is 4.33. The van der Waals surface area contributed by atoms with Crippen LogP contribution in [0.1, 0.15) is 16.8 Å². The molecule has 0 radical (unpaired) electrons. The molecule has 1 amide bonds. The third-order valence-corrected chi connectivity index (χ3v) is 2.08. The van der Waals surface area contributed by atoms with Gasteiger partial charge in [0.1, 0.15) is 0 Å². The number of amides is 1. The molecule has 0 aliphatic heterocycles. The van der Waals surface area contributed by atoms with E-state index in [9.17, 15) is 14.7 Å². The van der Waals surface area contributed by atoms with Gasteiger partial charge in [0, 0.05) is 12.1 Å². The number of rotatable bonds is 4. The van der Waals surface area contributed by atoms with Crippen molar-refractivity contribution in [2.24, 2.45) is 0 Å². The van der Waals surface area contributed by atoms with Crippen molar-refractivity contribution in [3.05, 3.63) is 23.8 Å². The Hall–Kier alpha value is -2.24. The normalized spacial score (nSPS) is 9.71. The molecule has 0 heterocycles. The van der Waals surface area contributed by atoms with Crippen molar-refractivity contribution in [2.45, 2.75) is 6.42 Å². The van der Waals surface area contributed by atoms with Gasteiger partial charge in [0.2, 0.25) is 0 Å². The Bertz CT molecular complexity index is 430. The van der Waals surface area contributed by atoms with E-state index in [1.54, 1.807) is 0 Å². The summed E-state index contributed by atoms with van der Waals surface area (Å²) in [6.07, 6.45) is 0.0757. The van der Waals surface area contributed by atoms with Crippen molar-refractivity contribution in [3.8, 4) is 11.5 Å². The second-order valence-electron chi connectivity index (χ2n) is 3.29. The van der Waals surface area contributed by atoms with Crippen molar-refractivity contribution in [2.75, 3.05) is 13.7 Å². The number of benzene rings is 1. The topological polar surface area (TPSA) is 95.9 Å². The number of carbonyl (C=O) groups is 2. The Morgan fingerprint density at radius 3 is 2.59 bits per heavy atom. The minimum absolute atomic E-state index is 0.0757. The number of ether oxygens (including phenoxy) is 1. The van der Waals surface area contributed by atoms with E-state index in [-0.39, 0.29) is 30.0 Å². The van der Waals surface area contributed by atoms with Gasteiger partial charge < -0.3 is 20.3 Å². The summed E-state index contributed by atoms with van der Waals surface area (Å²) in [5, 5.41) is 20.7. The molecule has 3 N–H and O–H groups in total. The maximum atomic E-state index is 11.5. The maximum absolute atomic E-state index is 11.5. The van der Waals surface area contributed by atoms with Gasteiger partial charge in [-0.05, 0) is 18.2 Å². The first-order valence-electron chi connectivity index (χ1n) is 4.91. The smallest absolute Gasteiger partial charge is 0.307 e. The van der Waals surface area contributed by atoms with Gasteiger partial charge >= 0.3 is 5.97 Å². The second kappa shape index (κ2) is 5.74. The molecule has 1 aromatic rings. The van der Waals surface area contributed by atoms with Crippen molar-refractivity contribution < 1.29 is 24.5 Å². The lowest BCUT2D eigenvalue weighted by Gasteiger charge is -2.05. The van der Waals surface area contributed by atoms with Crippen LogP contribution in [0.15, 0.2) is 18.2 Å². The summed E-state index contributed by atoms with van der Waals surface area (Å²) in [6.45, 7) is 0.146. The molecule has 0 aliphatic carbocycles. The summed E-state index contributed by atoms with van der Waals surface area (Å²) in [7, 11) is 1.27. The molecule has 92 valence electrons. The number of hydrogen-bond acceptors (Lipinski definition) is 5. The molecular formula is C11H13NO5. The highest BCUT2D eigenvalue weighted by atomic mass is 16.5. The number of aromatic hydroxyl groups is 2. The average Bonchev–Trinajstić information content (AvgIpc) is 2.32. The number of phenols is 2. The highest BCUT2D eigenvalue weighted by molar-refractivity contribution is 5.95. The fraction of sp³-hybridized carbons (Fsp3) is 0.273. The van der Waals surface area contributed by atoms with E-state index < -0.39 is 11.9 Å². The molecule has 0 unspecified atom stereocenters. The molecule has 0 fully saturated rings. The van der Waals surface area contributed by atoms with Crippen LogP contribution in [0.4, 0.5) is 0 Å². The molecule has 6 nitrogen and oxygen atoms in total. The van der Waals surface area contributed by atoms with Crippen LogP contribution in [0.3, 0.4) is 0 Å². The molecule has 17 heavy (non-hydrogen) atoms. The van der Waals surface area contributed by atoms with Crippen LogP contribution >= 0.6 is 0 Å². The lowest BCUT2D eigenvalue weighted by atomic mass is 10.2.